The molecule has 3 N–H and O–H groups in total. The predicted octanol–water partition coefficient (Wildman–Crippen LogP) is 3.67. The van der Waals surface area contributed by atoms with Crippen LogP contribution < -0.4 is 21.8 Å². The first-order valence-corrected chi connectivity index (χ1v) is 12.7. The summed E-state index contributed by atoms with van der Waals surface area (Å²) >= 11 is 6.17. The summed E-state index contributed by atoms with van der Waals surface area (Å²) in [5.41, 5.74) is 0.457. The van der Waals surface area contributed by atoms with Crippen LogP contribution in [0.3, 0.4) is 0 Å². The Labute approximate surface area is 228 Å². The summed E-state index contributed by atoms with van der Waals surface area (Å²) in [4.78, 5) is 65.2. The average molecular weight is 557 g/mol. The number of halogens is 1. The van der Waals surface area contributed by atoms with Gasteiger partial charge in [-0.25, -0.2) is 9.59 Å². The normalized spacial score (nSPS) is 14.5. The van der Waals surface area contributed by atoms with Crippen molar-refractivity contribution in [1.82, 2.24) is 14.9 Å². The number of H-pyrrole nitrogens is 1. The predicted molar refractivity (Wildman–Crippen MR) is 145 cm³/mol. The Morgan fingerprint density at radius 1 is 1.15 bits per heavy atom. The zero-order valence-electron chi connectivity index (χ0n) is 22.0. The minimum atomic E-state index is -0.799. The van der Waals surface area contributed by atoms with E-state index in [-0.39, 0.29) is 24.2 Å². The van der Waals surface area contributed by atoms with Crippen molar-refractivity contribution < 1.29 is 23.9 Å². The molecule has 0 aliphatic carbocycles. The van der Waals surface area contributed by atoms with Crippen molar-refractivity contribution in [2.45, 2.75) is 58.2 Å². The second-order valence-electron chi connectivity index (χ2n) is 10.3. The van der Waals surface area contributed by atoms with Crippen LogP contribution in [0.5, 0.6) is 0 Å². The molecule has 0 fully saturated rings. The molecule has 1 aliphatic heterocycles. The van der Waals surface area contributed by atoms with Crippen molar-refractivity contribution >= 4 is 46.3 Å². The first-order valence-electron chi connectivity index (χ1n) is 12.3. The molecule has 2 amide bonds. The minimum absolute atomic E-state index is 0.0834. The first-order chi connectivity index (χ1) is 18.4. The molecule has 0 unspecified atom stereocenters. The molecule has 2 heterocycles. The van der Waals surface area contributed by atoms with Crippen LogP contribution in [0.4, 0.5) is 10.5 Å². The summed E-state index contributed by atoms with van der Waals surface area (Å²) in [6.07, 6.45) is 0.286. The number of nitrogens with zero attached hydrogens (tertiary/aromatic N) is 1. The van der Waals surface area contributed by atoms with Crippen molar-refractivity contribution in [3.05, 3.63) is 72.8 Å². The second kappa shape index (κ2) is 10.9. The van der Waals surface area contributed by atoms with E-state index in [1.165, 1.54) is 23.8 Å². The molecule has 3 aromatic rings. The number of amides is 2. The molecule has 1 aliphatic rings. The van der Waals surface area contributed by atoms with Crippen LogP contribution >= 0.6 is 11.6 Å². The van der Waals surface area contributed by atoms with Gasteiger partial charge in [0.25, 0.3) is 0 Å². The molecular formula is C27H29ClN4O7. The van der Waals surface area contributed by atoms with Gasteiger partial charge in [-0.3, -0.25) is 19.0 Å². The Kier molecular flexibility index (Phi) is 7.82. The summed E-state index contributed by atoms with van der Waals surface area (Å²) in [6, 6.07) is 7.43. The van der Waals surface area contributed by atoms with Gasteiger partial charge in [0.2, 0.25) is 5.91 Å². The first kappa shape index (κ1) is 27.9. The summed E-state index contributed by atoms with van der Waals surface area (Å²) in [5, 5.41) is 5.78. The third-order valence-electron chi connectivity index (χ3n) is 6.19. The van der Waals surface area contributed by atoms with E-state index in [4.69, 9.17) is 21.1 Å². The lowest BCUT2D eigenvalue weighted by molar-refractivity contribution is -0.117. The number of hydrogen-bond donors (Lipinski definition) is 3. The van der Waals surface area contributed by atoms with Crippen LogP contribution in [0, 0.1) is 0 Å². The quantitative estimate of drug-likeness (QED) is 0.310. The summed E-state index contributed by atoms with van der Waals surface area (Å²) in [6.45, 7) is 5.32. The van der Waals surface area contributed by atoms with Gasteiger partial charge in [-0.1, -0.05) is 17.7 Å². The van der Waals surface area contributed by atoms with Crippen LogP contribution in [0.15, 0.2) is 39.9 Å². The van der Waals surface area contributed by atoms with E-state index >= 15 is 0 Å². The van der Waals surface area contributed by atoms with Gasteiger partial charge in [-0.05, 0) is 69.0 Å². The fourth-order valence-corrected chi connectivity index (χ4v) is 4.84. The van der Waals surface area contributed by atoms with Gasteiger partial charge in [0, 0.05) is 24.0 Å². The maximum absolute atomic E-state index is 13.1. The summed E-state index contributed by atoms with van der Waals surface area (Å²) < 4.78 is 11.5. The lowest BCUT2D eigenvalue weighted by Gasteiger charge is -2.27. The van der Waals surface area contributed by atoms with Crippen molar-refractivity contribution in [3.63, 3.8) is 0 Å². The Morgan fingerprint density at radius 3 is 2.59 bits per heavy atom. The fraction of sp³-hybridized carbons (Fsp3) is 0.370. The van der Waals surface area contributed by atoms with Gasteiger partial charge in [-0.15, -0.1) is 0 Å². The summed E-state index contributed by atoms with van der Waals surface area (Å²) in [5.74, 6) is -1.14. The lowest BCUT2D eigenvalue weighted by Crippen LogP contribution is -2.41. The monoisotopic (exact) mass is 556 g/mol. The summed E-state index contributed by atoms with van der Waals surface area (Å²) in [7, 11) is 1.22. The maximum Gasteiger partial charge on any atom is 0.407 e. The molecule has 2 aromatic carbocycles. The van der Waals surface area contributed by atoms with Crippen LogP contribution in [-0.4, -0.2) is 40.2 Å². The molecule has 0 radical (unpaired) electrons. The molecule has 39 heavy (non-hydrogen) atoms. The Morgan fingerprint density at radius 2 is 1.90 bits per heavy atom. The van der Waals surface area contributed by atoms with E-state index in [1.807, 2.05) is 0 Å². The van der Waals surface area contributed by atoms with E-state index in [2.05, 4.69) is 15.6 Å². The molecule has 0 spiro atoms. The number of carbonyl (C=O) groups excluding carboxylic acids is 3. The van der Waals surface area contributed by atoms with Gasteiger partial charge in [0.1, 0.15) is 5.60 Å². The number of nitrogens with one attached hydrogen (secondary N) is 3. The van der Waals surface area contributed by atoms with Crippen molar-refractivity contribution in [2.75, 3.05) is 12.4 Å². The molecule has 4 rings (SSSR count). The van der Waals surface area contributed by atoms with E-state index < -0.39 is 40.7 Å². The molecule has 0 saturated carbocycles. The van der Waals surface area contributed by atoms with Gasteiger partial charge in [-0.2, -0.15) is 0 Å². The third-order valence-corrected chi connectivity index (χ3v) is 6.41. The molecule has 11 nitrogen and oxygen atoms in total. The molecule has 0 bridgehead atoms. The SMILES string of the molecule is COC(=O)c1cc(CNC(=O)OC(C)(C)C)ccc1NC(=O)C[C@@H]1CCc2cc(Cl)cc3[nH]c(=O)c(=O)n1c23. The minimum Gasteiger partial charge on any atom is -0.465 e. The van der Waals surface area contributed by atoms with Crippen molar-refractivity contribution in [2.24, 2.45) is 0 Å². The van der Waals surface area contributed by atoms with Crippen LogP contribution in [0.2, 0.25) is 5.02 Å². The molecular weight excluding hydrogens is 528 g/mol. The Balaban J connectivity index is 1.55. The van der Waals surface area contributed by atoms with E-state index in [9.17, 15) is 24.0 Å². The highest BCUT2D eigenvalue weighted by molar-refractivity contribution is 6.31. The number of esters is 1. The maximum atomic E-state index is 13.1. The average Bonchev–Trinajstić information content (AvgIpc) is 2.85. The van der Waals surface area contributed by atoms with Crippen LogP contribution in [0.1, 0.15) is 61.1 Å². The highest BCUT2D eigenvalue weighted by Gasteiger charge is 2.27. The molecule has 1 atom stereocenters. The molecule has 0 saturated heterocycles. The number of methoxy groups -OCH3 is 1. The van der Waals surface area contributed by atoms with Crippen LogP contribution in [0.25, 0.3) is 11.0 Å². The largest absolute Gasteiger partial charge is 0.465 e. The van der Waals surface area contributed by atoms with E-state index in [1.54, 1.807) is 39.0 Å². The fourth-order valence-electron chi connectivity index (χ4n) is 4.60. The lowest BCUT2D eigenvalue weighted by atomic mass is 9.96. The Hall–Kier alpha value is -4.12. The second-order valence-corrected chi connectivity index (χ2v) is 10.7. The van der Waals surface area contributed by atoms with Gasteiger partial charge >= 0.3 is 23.2 Å². The Bertz CT molecular complexity index is 1590. The highest BCUT2D eigenvalue weighted by atomic mass is 35.5. The number of anilines is 1. The topological polar surface area (TPSA) is 149 Å². The number of benzene rings is 2. The van der Waals surface area contributed by atoms with Crippen LogP contribution in [-0.2, 0) is 27.2 Å². The van der Waals surface area contributed by atoms with Gasteiger partial charge in [0.15, 0.2) is 0 Å². The van der Waals surface area contributed by atoms with E-state index in [0.717, 1.165) is 5.56 Å². The number of hydrogen-bond acceptors (Lipinski definition) is 7. The number of aryl methyl sites for hydroxylation is 1. The molecule has 1 aromatic heterocycles. The zero-order chi connectivity index (χ0) is 28.5. The number of alkyl carbamates (subject to hydrolysis) is 1. The number of aromatic amines is 1. The zero-order valence-corrected chi connectivity index (χ0v) is 22.7. The van der Waals surface area contributed by atoms with Gasteiger partial charge in [0.05, 0.1) is 29.4 Å². The smallest absolute Gasteiger partial charge is 0.407 e. The number of carbonyl (C=O) groups is 3. The molecule has 12 heteroatoms. The highest BCUT2D eigenvalue weighted by Crippen LogP contribution is 2.32. The van der Waals surface area contributed by atoms with Gasteiger partial charge < -0.3 is 25.1 Å². The van der Waals surface area contributed by atoms with E-state index in [0.29, 0.717) is 34.5 Å². The third kappa shape index (κ3) is 6.31. The standard InChI is InChI=1S/C27H29ClN4O7/c1-27(2,3)39-26(37)29-13-14-5-8-19(18(9-14)25(36)38-4)30-21(33)12-17-7-6-15-10-16(28)11-20-22(15)32(17)24(35)23(34)31-20/h5,8-11,17H,6-7,12-13H2,1-4H3,(H,29,37)(H,30,33)(H,31,34)/t17-/m0/s1. The van der Waals surface area contributed by atoms with Crippen molar-refractivity contribution in [1.29, 1.82) is 0 Å². The molecule has 206 valence electrons. The van der Waals surface area contributed by atoms with Crippen molar-refractivity contribution in [3.8, 4) is 0 Å². The number of ether oxygens (including phenoxy) is 2. The number of rotatable bonds is 6. The number of aromatic nitrogens is 2.